The van der Waals surface area contributed by atoms with E-state index in [0.717, 1.165) is 4.90 Å². The molecule has 0 radical (unpaired) electrons. The first kappa shape index (κ1) is 32.1. The van der Waals surface area contributed by atoms with Gasteiger partial charge in [-0.25, -0.2) is 0 Å². The molecule has 254 valence electrons. The molecule has 8 rings (SSSR count). The number of hydrogen-bond acceptors (Lipinski definition) is 8. The molecule has 4 aromatic rings. The first-order valence-electron chi connectivity index (χ1n) is 16.8. The van der Waals surface area contributed by atoms with Crippen LogP contribution in [0, 0.1) is 33.8 Å². The van der Waals surface area contributed by atoms with Gasteiger partial charge in [0.15, 0.2) is 11.6 Å². The second-order valence-corrected chi connectivity index (χ2v) is 13.5. The fourth-order valence-electron chi connectivity index (χ4n) is 9.17. The molecule has 6 atom stereocenters. The maximum atomic E-state index is 15.2. The van der Waals surface area contributed by atoms with E-state index < -0.39 is 51.7 Å². The first-order chi connectivity index (χ1) is 24.7. The minimum Gasteiger partial charge on any atom is -0.508 e. The van der Waals surface area contributed by atoms with Crippen LogP contribution in [0.25, 0.3) is 5.57 Å². The number of nitrogens with zero attached hydrogens (tertiary/aromatic N) is 2. The minimum absolute atomic E-state index is 0.0934. The summed E-state index contributed by atoms with van der Waals surface area (Å²) >= 11 is 0. The molecule has 10 heteroatoms. The zero-order chi connectivity index (χ0) is 35.6. The van der Waals surface area contributed by atoms with E-state index in [1.165, 1.54) is 43.5 Å². The Hall–Kier alpha value is -6.16. The standard InChI is InChI=1S/C41H32N2O8/c1-51-33-14-8-13-32(44)36(33)37-27-19-20-28-35(40(48)42(39(28)47)25-15-17-26(18-16-25)43(49)50)30(27)21-31-38(46)29(23-9-4-2-5-10-23)22-34(45)41(31,37)24-11-6-3-7-12-24/h2-19,22,28,30-31,35,37,44H,20-21H2,1H3/t28-,30+,31-,35-,37+,41-/m0/s1. The Morgan fingerprint density at radius 2 is 1.53 bits per heavy atom. The number of ether oxygens (including phenoxy) is 1. The Kier molecular flexibility index (Phi) is 7.55. The third-order valence-corrected chi connectivity index (χ3v) is 11.2. The van der Waals surface area contributed by atoms with E-state index in [1.807, 2.05) is 42.5 Å². The van der Waals surface area contributed by atoms with E-state index in [4.69, 9.17) is 4.74 Å². The van der Waals surface area contributed by atoms with E-state index in [1.54, 1.807) is 36.4 Å². The summed E-state index contributed by atoms with van der Waals surface area (Å²) in [4.78, 5) is 70.6. The summed E-state index contributed by atoms with van der Waals surface area (Å²) in [6.07, 6.45) is 3.60. The molecule has 3 aliphatic carbocycles. The highest BCUT2D eigenvalue weighted by Crippen LogP contribution is 2.65. The highest BCUT2D eigenvalue weighted by atomic mass is 16.6. The lowest BCUT2D eigenvalue weighted by atomic mass is 9.44. The van der Waals surface area contributed by atoms with Gasteiger partial charge in [-0.05, 0) is 60.2 Å². The van der Waals surface area contributed by atoms with Gasteiger partial charge in [0, 0.05) is 35.1 Å². The number of Topliss-reactive ketones (excluding diaryl/α,β-unsaturated/α-hetero) is 1. The van der Waals surface area contributed by atoms with E-state index in [9.17, 15) is 24.8 Å². The number of rotatable bonds is 6. The number of carbonyl (C=O) groups is 4. The number of non-ortho nitro benzene ring substituents is 1. The summed E-state index contributed by atoms with van der Waals surface area (Å²) in [5.41, 5.74) is 0.973. The number of aromatic hydroxyl groups is 1. The number of phenolic OH excluding ortho intramolecular Hbond substituents is 1. The average Bonchev–Trinajstić information content (AvgIpc) is 3.41. The van der Waals surface area contributed by atoms with E-state index in [0.29, 0.717) is 28.0 Å². The molecule has 1 saturated heterocycles. The lowest BCUT2D eigenvalue weighted by Crippen LogP contribution is -2.58. The molecular formula is C41H32N2O8. The van der Waals surface area contributed by atoms with E-state index in [2.05, 4.69) is 0 Å². The van der Waals surface area contributed by atoms with Crippen LogP contribution in [0.4, 0.5) is 11.4 Å². The van der Waals surface area contributed by atoms with E-state index in [-0.39, 0.29) is 47.1 Å². The van der Waals surface area contributed by atoms with Gasteiger partial charge in [-0.3, -0.25) is 34.2 Å². The van der Waals surface area contributed by atoms with Crippen LogP contribution in [-0.4, -0.2) is 40.5 Å². The van der Waals surface area contributed by atoms with E-state index >= 15 is 9.59 Å². The van der Waals surface area contributed by atoms with Gasteiger partial charge < -0.3 is 9.84 Å². The van der Waals surface area contributed by atoms with Gasteiger partial charge in [0.2, 0.25) is 11.8 Å². The third-order valence-electron chi connectivity index (χ3n) is 11.2. The number of imide groups is 1. The predicted molar refractivity (Wildman–Crippen MR) is 187 cm³/mol. The van der Waals surface area contributed by atoms with Crippen LogP contribution in [0.2, 0.25) is 0 Å². The van der Waals surface area contributed by atoms with Crippen LogP contribution in [-0.2, 0) is 24.6 Å². The normalized spacial score (nSPS) is 26.8. The van der Waals surface area contributed by atoms with Crippen molar-refractivity contribution in [2.45, 2.75) is 24.2 Å². The number of benzene rings is 4. The molecule has 2 fully saturated rings. The lowest BCUT2D eigenvalue weighted by molar-refractivity contribution is -0.384. The average molecular weight is 681 g/mol. The molecule has 1 saturated carbocycles. The number of allylic oxidation sites excluding steroid dienone is 4. The van der Waals surface area contributed by atoms with Gasteiger partial charge in [-0.15, -0.1) is 0 Å². The van der Waals surface area contributed by atoms with Crippen molar-refractivity contribution in [3.05, 3.63) is 148 Å². The van der Waals surface area contributed by atoms with Crippen molar-refractivity contribution in [1.29, 1.82) is 0 Å². The molecule has 4 aliphatic rings. The topological polar surface area (TPSA) is 144 Å². The quantitative estimate of drug-likeness (QED) is 0.108. The molecule has 0 aromatic heterocycles. The number of hydrogen-bond donors (Lipinski definition) is 1. The number of methoxy groups -OCH3 is 1. The first-order valence-corrected chi connectivity index (χ1v) is 16.8. The largest absolute Gasteiger partial charge is 0.508 e. The van der Waals surface area contributed by atoms with Crippen molar-refractivity contribution >= 4 is 40.3 Å². The van der Waals surface area contributed by atoms with Crippen molar-refractivity contribution in [3.63, 3.8) is 0 Å². The number of phenols is 1. The van der Waals surface area contributed by atoms with Gasteiger partial charge in [-0.2, -0.15) is 0 Å². The molecule has 1 aliphatic heterocycles. The maximum Gasteiger partial charge on any atom is 0.269 e. The summed E-state index contributed by atoms with van der Waals surface area (Å²) < 4.78 is 5.82. The molecule has 1 heterocycles. The smallest absolute Gasteiger partial charge is 0.269 e. The second-order valence-electron chi connectivity index (χ2n) is 13.5. The molecule has 0 bridgehead atoms. The van der Waals surface area contributed by atoms with Gasteiger partial charge in [0.25, 0.3) is 5.69 Å². The zero-order valence-corrected chi connectivity index (χ0v) is 27.5. The van der Waals surface area contributed by atoms with Gasteiger partial charge in [-0.1, -0.05) is 78.4 Å². The van der Waals surface area contributed by atoms with Crippen LogP contribution in [0.3, 0.4) is 0 Å². The zero-order valence-electron chi connectivity index (χ0n) is 27.5. The van der Waals surface area contributed by atoms with Crippen LogP contribution in [0.15, 0.2) is 121 Å². The number of carbonyl (C=O) groups excluding carboxylic acids is 4. The maximum absolute atomic E-state index is 15.2. The Morgan fingerprint density at radius 1 is 0.843 bits per heavy atom. The monoisotopic (exact) mass is 680 g/mol. The Labute approximate surface area is 292 Å². The van der Waals surface area contributed by atoms with Crippen LogP contribution < -0.4 is 9.64 Å². The number of anilines is 1. The fraction of sp³-hybridized carbons (Fsp3) is 0.220. The summed E-state index contributed by atoms with van der Waals surface area (Å²) in [5, 5.41) is 23.0. The molecular weight excluding hydrogens is 648 g/mol. The minimum atomic E-state index is -1.53. The van der Waals surface area contributed by atoms with Crippen molar-refractivity contribution in [3.8, 4) is 11.5 Å². The molecule has 0 unspecified atom stereocenters. The molecule has 0 spiro atoms. The summed E-state index contributed by atoms with van der Waals surface area (Å²) in [6, 6.07) is 28.2. The lowest BCUT2D eigenvalue weighted by Gasteiger charge is -2.55. The molecule has 10 nitrogen and oxygen atoms in total. The SMILES string of the molecule is COc1cccc(O)c1[C@H]1C2=CC[C@@H]3C(=O)N(c4ccc([N+](=O)[O-])cc4)C(=O)[C@@H]3[C@@H]2C[C@H]2C(=O)C(c3ccccc3)=CC(=O)[C@@]12c1ccccc1. The van der Waals surface area contributed by atoms with Gasteiger partial charge in [0.1, 0.15) is 11.5 Å². The molecule has 51 heavy (non-hydrogen) atoms. The number of nitro benzene ring substituents is 1. The Morgan fingerprint density at radius 3 is 2.20 bits per heavy atom. The van der Waals surface area contributed by atoms with Crippen molar-refractivity contribution in [2.75, 3.05) is 12.0 Å². The number of fused-ring (bicyclic) bond motifs is 4. The third kappa shape index (κ3) is 4.62. The number of ketones is 2. The van der Waals surface area contributed by atoms with Crippen molar-refractivity contribution < 1.29 is 33.9 Å². The van der Waals surface area contributed by atoms with Crippen molar-refractivity contribution in [1.82, 2.24) is 0 Å². The van der Waals surface area contributed by atoms with Crippen LogP contribution in [0.5, 0.6) is 11.5 Å². The van der Waals surface area contributed by atoms with Crippen LogP contribution in [0.1, 0.15) is 35.4 Å². The fourth-order valence-corrected chi connectivity index (χ4v) is 9.17. The Bertz CT molecular complexity index is 2190. The number of nitro groups is 1. The van der Waals surface area contributed by atoms with Crippen LogP contribution >= 0.6 is 0 Å². The molecule has 4 aromatic carbocycles. The van der Waals surface area contributed by atoms with Gasteiger partial charge in [0.05, 0.1) is 35.0 Å². The second kappa shape index (κ2) is 12.0. The van der Waals surface area contributed by atoms with Crippen molar-refractivity contribution in [2.24, 2.45) is 23.7 Å². The van der Waals surface area contributed by atoms with Gasteiger partial charge >= 0.3 is 0 Å². The highest BCUT2D eigenvalue weighted by Gasteiger charge is 2.66. The predicted octanol–water partition coefficient (Wildman–Crippen LogP) is 6.34. The summed E-state index contributed by atoms with van der Waals surface area (Å²) in [5.74, 6) is -5.52. The number of amides is 2. The molecule has 1 N–H and O–H groups in total. The summed E-state index contributed by atoms with van der Waals surface area (Å²) in [6.45, 7) is 0. The Balaban J connectivity index is 1.36. The molecule has 2 amide bonds. The summed E-state index contributed by atoms with van der Waals surface area (Å²) in [7, 11) is 1.47. The highest BCUT2D eigenvalue weighted by molar-refractivity contribution is 6.32.